The summed E-state index contributed by atoms with van der Waals surface area (Å²) in [5.74, 6) is 0.0723. The predicted octanol–water partition coefficient (Wildman–Crippen LogP) is 2.61. The van der Waals surface area contributed by atoms with E-state index in [1.165, 1.54) is 6.21 Å². The van der Waals surface area contributed by atoms with E-state index in [9.17, 15) is 13.2 Å². The highest BCUT2D eigenvalue weighted by Crippen LogP contribution is 2.21. The lowest BCUT2D eigenvalue weighted by molar-refractivity contribution is -0.119. The maximum Gasteiger partial charge on any atom is 0.255 e. The van der Waals surface area contributed by atoms with Gasteiger partial charge >= 0.3 is 0 Å². The number of hydrazone groups is 1. The van der Waals surface area contributed by atoms with Crippen LogP contribution in [0.5, 0.6) is 5.75 Å². The van der Waals surface area contributed by atoms with Crippen molar-refractivity contribution >= 4 is 22.1 Å². The molecule has 0 unspecified atom stereocenters. The molecule has 0 bridgehead atoms. The lowest BCUT2D eigenvalue weighted by atomic mass is 10.1. The van der Waals surface area contributed by atoms with E-state index in [0.717, 1.165) is 11.1 Å². The summed E-state index contributed by atoms with van der Waals surface area (Å²) in [6.07, 6.45) is 3.09. The van der Waals surface area contributed by atoms with E-state index >= 15 is 0 Å². The molecule has 0 saturated heterocycles. The number of hydrogen-bond donors (Lipinski definition) is 2. The van der Waals surface area contributed by atoms with Crippen molar-refractivity contribution in [3.05, 3.63) is 71.3 Å². The molecule has 0 atom stereocenters. The monoisotopic (exact) mass is 415 g/mol. The molecule has 0 saturated carbocycles. The number of amides is 1. The Labute approximate surface area is 171 Å². The average Bonchev–Trinajstić information content (AvgIpc) is 2.64. The molecule has 2 rings (SSSR count). The molecule has 2 aromatic carbocycles. The summed E-state index contributed by atoms with van der Waals surface area (Å²) >= 11 is 0. The van der Waals surface area contributed by atoms with Gasteiger partial charge in [0.05, 0.1) is 17.7 Å². The molecule has 2 aromatic rings. The van der Waals surface area contributed by atoms with Crippen molar-refractivity contribution in [3.63, 3.8) is 0 Å². The van der Waals surface area contributed by atoms with Crippen LogP contribution in [-0.2, 0) is 14.8 Å². The first-order valence-corrected chi connectivity index (χ1v) is 10.4. The zero-order valence-corrected chi connectivity index (χ0v) is 17.5. The Bertz CT molecular complexity index is 1010. The fourth-order valence-electron chi connectivity index (χ4n) is 2.88. The molecule has 7 nitrogen and oxygen atoms in total. The van der Waals surface area contributed by atoms with Crippen molar-refractivity contribution in [1.29, 1.82) is 0 Å². The first-order valence-electron chi connectivity index (χ1n) is 8.96. The number of hydrogen-bond acceptors (Lipinski definition) is 5. The van der Waals surface area contributed by atoms with E-state index in [4.69, 9.17) is 4.74 Å². The van der Waals surface area contributed by atoms with Gasteiger partial charge in [0.2, 0.25) is 10.0 Å². The third kappa shape index (κ3) is 6.55. The van der Waals surface area contributed by atoms with Crippen LogP contribution in [0.3, 0.4) is 0 Å². The highest BCUT2D eigenvalue weighted by molar-refractivity contribution is 7.89. The number of nitrogens with zero attached hydrogens (tertiary/aromatic N) is 1. The molecule has 0 aliphatic carbocycles. The minimum absolute atomic E-state index is 0.191. The number of benzene rings is 2. The van der Waals surface area contributed by atoms with E-state index in [2.05, 4.69) is 21.8 Å². The van der Waals surface area contributed by atoms with Gasteiger partial charge in [0.15, 0.2) is 0 Å². The Balaban J connectivity index is 1.95. The molecule has 29 heavy (non-hydrogen) atoms. The van der Waals surface area contributed by atoms with E-state index in [0.29, 0.717) is 23.5 Å². The molecule has 0 radical (unpaired) electrons. The number of ether oxygens (including phenoxy) is 1. The lowest BCUT2D eigenvalue weighted by Crippen LogP contribution is -2.35. The first-order chi connectivity index (χ1) is 13.7. The Morgan fingerprint density at radius 3 is 2.52 bits per heavy atom. The third-order valence-corrected chi connectivity index (χ3v) is 5.63. The number of rotatable bonds is 9. The lowest BCUT2D eigenvalue weighted by Gasteiger charge is -2.12. The summed E-state index contributed by atoms with van der Waals surface area (Å²) in [5, 5.41) is 3.85. The van der Waals surface area contributed by atoms with Crippen LogP contribution in [0.25, 0.3) is 0 Å². The average molecular weight is 416 g/mol. The normalized spacial score (nSPS) is 11.4. The van der Waals surface area contributed by atoms with Gasteiger partial charge < -0.3 is 4.74 Å². The number of sulfonamides is 1. The minimum Gasteiger partial charge on any atom is -0.490 e. The molecular formula is C21H25N3O4S. The molecule has 0 aliphatic heterocycles. The molecule has 0 spiro atoms. The number of carbonyl (C=O) groups excluding carboxylic acids is 1. The van der Waals surface area contributed by atoms with Crippen LogP contribution in [0.4, 0.5) is 0 Å². The van der Waals surface area contributed by atoms with Gasteiger partial charge in [-0.1, -0.05) is 42.5 Å². The van der Waals surface area contributed by atoms with Gasteiger partial charge in [-0.15, -0.1) is 0 Å². The molecule has 0 fully saturated rings. The second-order valence-corrected chi connectivity index (χ2v) is 8.22. The van der Waals surface area contributed by atoms with Gasteiger partial charge in [0.25, 0.3) is 5.91 Å². The summed E-state index contributed by atoms with van der Waals surface area (Å²) < 4.78 is 32.9. The SMILES string of the molecule is C=CCOc1cccc(/C=N\NC(=O)CNS(=O)(=O)c2c(C)cc(C)cc2C)c1. The summed E-state index contributed by atoms with van der Waals surface area (Å²) in [5.41, 5.74) is 5.26. The standard InChI is InChI=1S/C21H25N3O4S/c1-5-9-28-19-8-6-7-18(12-19)13-22-24-20(25)14-23-29(26,27)21-16(3)10-15(2)11-17(21)4/h5-8,10-13,23H,1,9,14H2,2-4H3,(H,24,25)/b22-13-. The molecule has 0 aromatic heterocycles. The van der Waals surface area contributed by atoms with Gasteiger partial charge in [0.1, 0.15) is 12.4 Å². The summed E-state index contributed by atoms with van der Waals surface area (Å²) in [7, 11) is -3.81. The number of nitrogens with one attached hydrogen (secondary N) is 2. The molecule has 8 heteroatoms. The van der Waals surface area contributed by atoms with Crippen molar-refractivity contribution in [2.24, 2.45) is 5.10 Å². The van der Waals surface area contributed by atoms with Crippen LogP contribution in [0, 0.1) is 20.8 Å². The van der Waals surface area contributed by atoms with Crippen LogP contribution in [0.2, 0.25) is 0 Å². The van der Waals surface area contributed by atoms with Gasteiger partial charge in [-0.2, -0.15) is 5.10 Å². The van der Waals surface area contributed by atoms with E-state index < -0.39 is 22.5 Å². The summed E-state index contributed by atoms with van der Waals surface area (Å²) in [4.78, 5) is 12.1. The van der Waals surface area contributed by atoms with Crippen molar-refractivity contribution < 1.29 is 17.9 Å². The quantitative estimate of drug-likeness (QED) is 0.374. The maximum atomic E-state index is 12.6. The Kier molecular flexibility index (Phi) is 7.69. The van der Waals surface area contributed by atoms with E-state index in [1.54, 1.807) is 56.3 Å². The largest absolute Gasteiger partial charge is 0.490 e. The highest BCUT2D eigenvalue weighted by atomic mass is 32.2. The topological polar surface area (TPSA) is 96.9 Å². The van der Waals surface area contributed by atoms with Crippen molar-refractivity contribution in [2.45, 2.75) is 25.7 Å². The van der Waals surface area contributed by atoms with Crippen LogP contribution >= 0.6 is 0 Å². The van der Waals surface area contributed by atoms with Crippen molar-refractivity contribution in [3.8, 4) is 5.75 Å². The van der Waals surface area contributed by atoms with Crippen molar-refractivity contribution in [1.82, 2.24) is 10.1 Å². The summed E-state index contributed by atoms with van der Waals surface area (Å²) in [6.45, 7) is 8.91. The van der Waals surface area contributed by atoms with Gasteiger partial charge in [-0.05, 0) is 49.6 Å². The fourth-order valence-corrected chi connectivity index (χ4v) is 4.31. The zero-order chi connectivity index (χ0) is 21.4. The Morgan fingerprint density at radius 2 is 1.86 bits per heavy atom. The second kappa shape index (κ2) is 9.99. The molecule has 0 aliphatic rings. The van der Waals surface area contributed by atoms with Gasteiger partial charge in [-0.25, -0.2) is 18.6 Å². The molecule has 2 N–H and O–H groups in total. The highest BCUT2D eigenvalue weighted by Gasteiger charge is 2.20. The predicted molar refractivity (Wildman–Crippen MR) is 114 cm³/mol. The summed E-state index contributed by atoms with van der Waals surface area (Å²) in [6, 6.07) is 10.7. The Morgan fingerprint density at radius 1 is 1.17 bits per heavy atom. The minimum atomic E-state index is -3.81. The smallest absolute Gasteiger partial charge is 0.255 e. The molecular weight excluding hydrogens is 390 g/mol. The maximum absolute atomic E-state index is 12.6. The zero-order valence-electron chi connectivity index (χ0n) is 16.7. The van der Waals surface area contributed by atoms with Crippen LogP contribution in [0.15, 0.2) is 59.1 Å². The van der Waals surface area contributed by atoms with Crippen LogP contribution < -0.4 is 14.9 Å². The second-order valence-electron chi connectivity index (χ2n) is 6.52. The van der Waals surface area contributed by atoms with E-state index in [1.807, 2.05) is 6.92 Å². The fraction of sp³-hybridized carbons (Fsp3) is 0.238. The van der Waals surface area contributed by atoms with Crippen LogP contribution in [0.1, 0.15) is 22.3 Å². The van der Waals surface area contributed by atoms with E-state index in [-0.39, 0.29) is 4.90 Å². The van der Waals surface area contributed by atoms with Crippen molar-refractivity contribution in [2.75, 3.05) is 13.2 Å². The molecule has 154 valence electrons. The van der Waals surface area contributed by atoms with Gasteiger partial charge in [0, 0.05) is 0 Å². The van der Waals surface area contributed by atoms with Crippen LogP contribution in [-0.4, -0.2) is 33.7 Å². The molecule has 0 heterocycles. The Hall–Kier alpha value is -2.97. The number of carbonyl (C=O) groups is 1. The van der Waals surface area contributed by atoms with Gasteiger partial charge in [-0.3, -0.25) is 4.79 Å². The number of aryl methyl sites for hydroxylation is 3. The molecule has 1 amide bonds. The third-order valence-electron chi connectivity index (χ3n) is 3.92. The first kappa shape index (κ1) is 22.3.